The molecule has 5 heteroatoms. The van der Waals surface area contributed by atoms with Crippen molar-refractivity contribution in [1.29, 1.82) is 0 Å². The number of nitrogens with zero attached hydrogens (tertiary/aromatic N) is 1. The molecule has 0 unspecified atom stereocenters. The van der Waals surface area contributed by atoms with Gasteiger partial charge in [0, 0.05) is 11.1 Å². The van der Waals surface area contributed by atoms with Gasteiger partial charge in [-0.25, -0.2) is 8.78 Å². The molecule has 1 heterocycles. The first-order valence-electron chi connectivity index (χ1n) is 5.87. The summed E-state index contributed by atoms with van der Waals surface area (Å²) >= 11 is 1.10. The molecule has 0 aliphatic rings. The lowest BCUT2D eigenvalue weighted by Crippen LogP contribution is -1.97. The zero-order valence-corrected chi connectivity index (χ0v) is 11.1. The molecule has 0 saturated carbocycles. The number of pyridine rings is 1. The topological polar surface area (TPSA) is 33.1 Å². The fourth-order valence-corrected chi connectivity index (χ4v) is 2.37. The summed E-state index contributed by atoms with van der Waals surface area (Å²) in [6.45, 7) is 1.86. The van der Waals surface area contributed by atoms with E-state index >= 15 is 0 Å². The number of aliphatic hydroxyl groups excluding tert-OH is 1. The van der Waals surface area contributed by atoms with Gasteiger partial charge in [-0.2, -0.15) is 0 Å². The van der Waals surface area contributed by atoms with Crippen LogP contribution in [0.25, 0.3) is 0 Å². The Morgan fingerprint density at radius 3 is 2.68 bits per heavy atom. The Hall–Kier alpha value is -1.46. The second-order valence-electron chi connectivity index (χ2n) is 4.02. The van der Waals surface area contributed by atoms with Crippen LogP contribution in [0.4, 0.5) is 8.78 Å². The zero-order valence-electron chi connectivity index (χ0n) is 10.3. The van der Waals surface area contributed by atoms with Crippen LogP contribution in [-0.2, 0) is 0 Å². The van der Waals surface area contributed by atoms with Gasteiger partial charge in [-0.15, -0.1) is 0 Å². The minimum Gasteiger partial charge on any atom is -0.387 e. The van der Waals surface area contributed by atoms with Crippen LogP contribution in [0.5, 0.6) is 0 Å². The van der Waals surface area contributed by atoms with E-state index in [0.717, 1.165) is 30.0 Å². The first kappa shape index (κ1) is 14.0. The molecule has 1 atom stereocenters. The SMILES string of the molecule is CC[C@@H](O)c1ccc(Sc2cc(F)ccc2F)cn1. The second kappa shape index (κ2) is 6.12. The van der Waals surface area contributed by atoms with E-state index in [1.807, 2.05) is 6.92 Å². The molecule has 2 nitrogen and oxygen atoms in total. The second-order valence-corrected chi connectivity index (χ2v) is 5.13. The molecule has 2 rings (SSSR count). The van der Waals surface area contributed by atoms with E-state index in [2.05, 4.69) is 4.98 Å². The van der Waals surface area contributed by atoms with Gasteiger partial charge in [0.1, 0.15) is 11.6 Å². The number of benzene rings is 1. The van der Waals surface area contributed by atoms with Crippen LogP contribution in [0, 0.1) is 11.6 Å². The van der Waals surface area contributed by atoms with Crippen LogP contribution < -0.4 is 0 Å². The molecule has 0 fully saturated rings. The minimum absolute atomic E-state index is 0.214. The predicted octanol–water partition coefficient (Wildman–Crippen LogP) is 3.95. The maximum Gasteiger partial charge on any atom is 0.137 e. The van der Waals surface area contributed by atoms with E-state index in [0.29, 0.717) is 17.0 Å². The highest BCUT2D eigenvalue weighted by Crippen LogP contribution is 2.30. The predicted molar refractivity (Wildman–Crippen MR) is 70.0 cm³/mol. The first-order valence-corrected chi connectivity index (χ1v) is 6.68. The Kier molecular flexibility index (Phi) is 4.50. The van der Waals surface area contributed by atoms with E-state index in [1.54, 1.807) is 18.3 Å². The average Bonchev–Trinajstić information content (AvgIpc) is 2.43. The van der Waals surface area contributed by atoms with Crippen molar-refractivity contribution in [3.05, 3.63) is 53.9 Å². The van der Waals surface area contributed by atoms with Crippen LogP contribution in [0.15, 0.2) is 46.3 Å². The molecule has 1 N–H and O–H groups in total. The Morgan fingerprint density at radius 1 is 1.26 bits per heavy atom. The summed E-state index contributed by atoms with van der Waals surface area (Å²) in [5.41, 5.74) is 0.576. The molecule has 0 saturated heterocycles. The lowest BCUT2D eigenvalue weighted by Gasteiger charge is -2.08. The fraction of sp³-hybridized carbons (Fsp3) is 0.214. The molecule has 1 aromatic carbocycles. The van der Waals surface area contributed by atoms with E-state index in [4.69, 9.17) is 0 Å². The van der Waals surface area contributed by atoms with Gasteiger partial charge in [-0.1, -0.05) is 18.7 Å². The summed E-state index contributed by atoms with van der Waals surface area (Å²) in [5.74, 6) is -0.945. The largest absolute Gasteiger partial charge is 0.387 e. The van der Waals surface area contributed by atoms with Gasteiger partial charge in [-0.05, 0) is 36.8 Å². The first-order chi connectivity index (χ1) is 9.10. The third-order valence-corrected chi connectivity index (χ3v) is 3.62. The van der Waals surface area contributed by atoms with Crippen LogP contribution in [0.3, 0.4) is 0 Å². The highest BCUT2D eigenvalue weighted by Gasteiger charge is 2.09. The van der Waals surface area contributed by atoms with Gasteiger partial charge in [0.2, 0.25) is 0 Å². The van der Waals surface area contributed by atoms with E-state index in [1.165, 1.54) is 0 Å². The van der Waals surface area contributed by atoms with Crippen molar-refractivity contribution < 1.29 is 13.9 Å². The molecule has 0 spiro atoms. The van der Waals surface area contributed by atoms with E-state index in [9.17, 15) is 13.9 Å². The number of halogens is 2. The molecular weight excluding hydrogens is 268 g/mol. The third kappa shape index (κ3) is 3.52. The van der Waals surface area contributed by atoms with Crippen LogP contribution in [-0.4, -0.2) is 10.1 Å². The van der Waals surface area contributed by atoms with Crippen molar-refractivity contribution >= 4 is 11.8 Å². The van der Waals surface area contributed by atoms with Crippen LogP contribution >= 0.6 is 11.8 Å². The minimum atomic E-state index is -0.593. The van der Waals surface area contributed by atoms with Crippen molar-refractivity contribution in [2.24, 2.45) is 0 Å². The standard InChI is InChI=1S/C14H13F2NOS/c1-2-13(18)12-6-4-10(8-17-12)19-14-7-9(15)3-5-11(14)16/h3-8,13,18H,2H2,1H3/t13-/m1/s1. The Bertz CT molecular complexity index is 560. The zero-order chi connectivity index (χ0) is 13.8. The number of hydrogen-bond donors (Lipinski definition) is 1. The van der Waals surface area contributed by atoms with Crippen LogP contribution in [0.2, 0.25) is 0 Å². The summed E-state index contributed by atoms with van der Waals surface area (Å²) in [5, 5.41) is 9.61. The molecule has 0 amide bonds. The molecule has 19 heavy (non-hydrogen) atoms. The maximum atomic E-state index is 13.5. The molecular formula is C14H13F2NOS. The molecule has 0 bridgehead atoms. The number of rotatable bonds is 4. The van der Waals surface area contributed by atoms with Gasteiger partial charge in [-0.3, -0.25) is 4.98 Å². The highest BCUT2D eigenvalue weighted by molar-refractivity contribution is 7.99. The van der Waals surface area contributed by atoms with Gasteiger partial charge in [0.05, 0.1) is 16.7 Å². The molecule has 0 aliphatic heterocycles. The molecule has 1 aromatic heterocycles. The third-order valence-electron chi connectivity index (χ3n) is 2.61. The Labute approximate surface area is 114 Å². The van der Waals surface area contributed by atoms with Gasteiger partial charge < -0.3 is 5.11 Å². The summed E-state index contributed by atoms with van der Waals surface area (Å²) in [7, 11) is 0. The van der Waals surface area contributed by atoms with Gasteiger partial charge in [0.15, 0.2) is 0 Å². The fourth-order valence-electron chi connectivity index (χ4n) is 1.54. The lowest BCUT2D eigenvalue weighted by atomic mass is 10.2. The van der Waals surface area contributed by atoms with Crippen molar-refractivity contribution in [2.45, 2.75) is 29.2 Å². The summed E-state index contributed by atoms with van der Waals surface area (Å²) in [4.78, 5) is 5.02. The summed E-state index contributed by atoms with van der Waals surface area (Å²) in [6, 6.07) is 6.75. The van der Waals surface area contributed by atoms with Crippen LogP contribution in [0.1, 0.15) is 25.1 Å². The monoisotopic (exact) mass is 281 g/mol. The normalized spacial score (nSPS) is 12.4. The Balaban J connectivity index is 2.17. The number of aromatic nitrogens is 1. The average molecular weight is 281 g/mol. The highest BCUT2D eigenvalue weighted by atomic mass is 32.2. The number of hydrogen-bond acceptors (Lipinski definition) is 3. The van der Waals surface area contributed by atoms with E-state index in [-0.39, 0.29) is 4.90 Å². The quantitative estimate of drug-likeness (QED) is 0.921. The van der Waals surface area contributed by atoms with Crippen molar-refractivity contribution in [3.63, 3.8) is 0 Å². The summed E-state index contributed by atoms with van der Waals surface area (Å²) in [6.07, 6.45) is 1.53. The van der Waals surface area contributed by atoms with Crippen molar-refractivity contribution in [1.82, 2.24) is 4.98 Å². The lowest BCUT2D eigenvalue weighted by molar-refractivity contribution is 0.169. The maximum absolute atomic E-state index is 13.5. The van der Waals surface area contributed by atoms with Crippen molar-refractivity contribution in [3.8, 4) is 0 Å². The summed E-state index contributed by atoms with van der Waals surface area (Å²) < 4.78 is 26.5. The molecule has 0 aliphatic carbocycles. The van der Waals surface area contributed by atoms with E-state index < -0.39 is 17.7 Å². The molecule has 0 radical (unpaired) electrons. The smallest absolute Gasteiger partial charge is 0.137 e. The van der Waals surface area contributed by atoms with Crippen molar-refractivity contribution in [2.75, 3.05) is 0 Å². The van der Waals surface area contributed by atoms with Gasteiger partial charge in [0.25, 0.3) is 0 Å². The molecule has 100 valence electrons. The number of aliphatic hydroxyl groups is 1. The molecule has 2 aromatic rings. The Morgan fingerprint density at radius 2 is 2.05 bits per heavy atom. The van der Waals surface area contributed by atoms with Gasteiger partial charge >= 0.3 is 0 Å².